The molecule has 2 fully saturated rings. The van der Waals surface area contributed by atoms with E-state index in [2.05, 4.69) is 20.2 Å². The fourth-order valence-electron chi connectivity index (χ4n) is 2.89. The Hall–Kier alpha value is -2.04. The number of amides is 1. The van der Waals surface area contributed by atoms with Crippen molar-refractivity contribution in [3.63, 3.8) is 0 Å². The molecule has 0 spiro atoms. The SMILES string of the molecule is O=C(NC1CC1)[C@@H]1CCCN1c1nc2ccccc2[nH]1. The number of rotatable bonds is 3. The highest BCUT2D eigenvalue weighted by Gasteiger charge is 2.35. The molecule has 1 atom stereocenters. The third-order valence-corrected chi connectivity index (χ3v) is 4.13. The number of para-hydroxylation sites is 2. The third kappa shape index (κ3) is 2.03. The fourth-order valence-corrected chi connectivity index (χ4v) is 2.89. The summed E-state index contributed by atoms with van der Waals surface area (Å²) in [6.45, 7) is 0.891. The van der Waals surface area contributed by atoms with E-state index in [-0.39, 0.29) is 11.9 Å². The molecule has 2 N–H and O–H groups in total. The summed E-state index contributed by atoms with van der Waals surface area (Å²) in [6.07, 6.45) is 4.21. The molecule has 1 aliphatic heterocycles. The van der Waals surface area contributed by atoms with E-state index in [9.17, 15) is 4.79 Å². The van der Waals surface area contributed by atoms with Crippen molar-refractivity contribution in [3.05, 3.63) is 24.3 Å². The zero-order chi connectivity index (χ0) is 13.5. The molecule has 2 aromatic rings. The van der Waals surface area contributed by atoms with E-state index < -0.39 is 0 Å². The van der Waals surface area contributed by atoms with Crippen molar-refractivity contribution in [1.82, 2.24) is 15.3 Å². The maximum absolute atomic E-state index is 12.3. The van der Waals surface area contributed by atoms with Gasteiger partial charge < -0.3 is 15.2 Å². The number of carbonyl (C=O) groups is 1. The highest BCUT2D eigenvalue weighted by molar-refractivity contribution is 5.86. The van der Waals surface area contributed by atoms with Crippen LogP contribution in [-0.2, 0) is 4.79 Å². The highest BCUT2D eigenvalue weighted by atomic mass is 16.2. The monoisotopic (exact) mass is 270 g/mol. The van der Waals surface area contributed by atoms with Crippen LogP contribution in [0.2, 0.25) is 0 Å². The summed E-state index contributed by atoms with van der Waals surface area (Å²) in [7, 11) is 0. The number of aromatic amines is 1. The van der Waals surface area contributed by atoms with Gasteiger partial charge in [0.15, 0.2) is 0 Å². The average molecular weight is 270 g/mol. The Morgan fingerprint density at radius 3 is 2.95 bits per heavy atom. The number of aromatic nitrogens is 2. The summed E-state index contributed by atoms with van der Waals surface area (Å²) in [6, 6.07) is 8.32. The molecule has 1 amide bonds. The van der Waals surface area contributed by atoms with Crippen molar-refractivity contribution < 1.29 is 4.79 Å². The summed E-state index contributed by atoms with van der Waals surface area (Å²) >= 11 is 0. The molecule has 2 aliphatic rings. The molecule has 104 valence electrons. The fraction of sp³-hybridized carbons (Fsp3) is 0.467. The Bertz CT molecular complexity index is 613. The Morgan fingerprint density at radius 2 is 2.15 bits per heavy atom. The van der Waals surface area contributed by atoms with Crippen LogP contribution in [0.25, 0.3) is 11.0 Å². The van der Waals surface area contributed by atoms with E-state index in [0.29, 0.717) is 6.04 Å². The molecule has 1 aliphatic carbocycles. The third-order valence-electron chi connectivity index (χ3n) is 4.13. The van der Waals surface area contributed by atoms with Gasteiger partial charge in [-0.2, -0.15) is 0 Å². The Balaban J connectivity index is 1.60. The van der Waals surface area contributed by atoms with Gasteiger partial charge in [0.2, 0.25) is 11.9 Å². The lowest BCUT2D eigenvalue weighted by Crippen LogP contribution is -2.44. The minimum Gasteiger partial charge on any atom is -0.352 e. The lowest BCUT2D eigenvalue weighted by atomic mass is 10.2. The van der Waals surface area contributed by atoms with Crippen molar-refractivity contribution >= 4 is 22.9 Å². The normalized spacial score (nSPS) is 22.4. The zero-order valence-electron chi connectivity index (χ0n) is 11.3. The number of fused-ring (bicyclic) bond motifs is 1. The minimum atomic E-state index is -0.0730. The molecule has 5 heteroatoms. The van der Waals surface area contributed by atoms with Crippen LogP contribution >= 0.6 is 0 Å². The molecular weight excluding hydrogens is 252 g/mol. The molecule has 4 rings (SSSR count). The summed E-state index contributed by atoms with van der Waals surface area (Å²) in [5, 5.41) is 3.11. The minimum absolute atomic E-state index is 0.0730. The first-order chi connectivity index (χ1) is 9.81. The van der Waals surface area contributed by atoms with E-state index in [1.807, 2.05) is 24.3 Å². The standard InChI is InChI=1S/C15H18N4O/c20-14(16-10-7-8-10)13-6-3-9-19(13)15-17-11-4-1-2-5-12(11)18-15/h1-2,4-5,10,13H,3,6-9H2,(H,16,20)(H,17,18)/t13-/m0/s1. The summed E-state index contributed by atoms with van der Waals surface area (Å²) in [4.78, 5) is 22.3. The molecule has 1 aromatic heterocycles. The van der Waals surface area contributed by atoms with Gasteiger partial charge in [0.05, 0.1) is 11.0 Å². The van der Waals surface area contributed by atoms with Gasteiger partial charge >= 0.3 is 0 Å². The van der Waals surface area contributed by atoms with Gasteiger partial charge in [-0.3, -0.25) is 4.79 Å². The van der Waals surface area contributed by atoms with Crippen LogP contribution in [0.15, 0.2) is 24.3 Å². The summed E-state index contributed by atoms with van der Waals surface area (Å²) in [5.41, 5.74) is 1.98. The van der Waals surface area contributed by atoms with Gasteiger partial charge in [0.1, 0.15) is 6.04 Å². The molecular formula is C15H18N4O. The van der Waals surface area contributed by atoms with Crippen LogP contribution in [0.1, 0.15) is 25.7 Å². The number of benzene rings is 1. The Kier molecular flexibility index (Phi) is 2.65. The number of hydrogen-bond donors (Lipinski definition) is 2. The van der Waals surface area contributed by atoms with E-state index in [1.165, 1.54) is 0 Å². The van der Waals surface area contributed by atoms with E-state index in [4.69, 9.17) is 0 Å². The number of H-pyrrole nitrogens is 1. The largest absolute Gasteiger partial charge is 0.352 e. The van der Waals surface area contributed by atoms with Crippen molar-refractivity contribution in [3.8, 4) is 0 Å². The predicted octanol–water partition coefficient (Wildman–Crippen LogP) is 1.81. The number of anilines is 1. The predicted molar refractivity (Wildman–Crippen MR) is 77.6 cm³/mol. The first-order valence-corrected chi connectivity index (χ1v) is 7.33. The molecule has 1 saturated carbocycles. The van der Waals surface area contributed by atoms with Crippen LogP contribution in [0.3, 0.4) is 0 Å². The summed E-state index contributed by atoms with van der Waals surface area (Å²) < 4.78 is 0. The first kappa shape index (κ1) is 11.8. The number of carbonyl (C=O) groups excluding carboxylic acids is 1. The van der Waals surface area contributed by atoms with Crippen LogP contribution in [0.4, 0.5) is 5.95 Å². The number of hydrogen-bond acceptors (Lipinski definition) is 3. The molecule has 20 heavy (non-hydrogen) atoms. The molecule has 0 bridgehead atoms. The Labute approximate surface area is 117 Å². The van der Waals surface area contributed by atoms with E-state index in [1.54, 1.807) is 0 Å². The highest BCUT2D eigenvalue weighted by Crippen LogP contribution is 2.27. The summed E-state index contributed by atoms with van der Waals surface area (Å²) in [5.74, 6) is 0.977. The topological polar surface area (TPSA) is 61.0 Å². The molecule has 1 aromatic carbocycles. The van der Waals surface area contributed by atoms with E-state index >= 15 is 0 Å². The van der Waals surface area contributed by atoms with E-state index in [0.717, 1.165) is 49.2 Å². The lowest BCUT2D eigenvalue weighted by molar-refractivity contribution is -0.122. The molecule has 1 saturated heterocycles. The van der Waals surface area contributed by atoms with Crippen molar-refractivity contribution in [1.29, 1.82) is 0 Å². The Morgan fingerprint density at radius 1 is 1.30 bits per heavy atom. The first-order valence-electron chi connectivity index (χ1n) is 7.33. The lowest BCUT2D eigenvalue weighted by Gasteiger charge is -2.23. The zero-order valence-corrected chi connectivity index (χ0v) is 11.3. The van der Waals surface area contributed by atoms with Crippen LogP contribution < -0.4 is 10.2 Å². The molecule has 5 nitrogen and oxygen atoms in total. The van der Waals surface area contributed by atoms with Gasteiger partial charge in [-0.1, -0.05) is 12.1 Å². The maximum atomic E-state index is 12.3. The van der Waals surface area contributed by atoms with Crippen LogP contribution in [0, 0.1) is 0 Å². The second kappa shape index (κ2) is 4.51. The van der Waals surface area contributed by atoms with Crippen molar-refractivity contribution in [2.24, 2.45) is 0 Å². The molecule has 0 radical (unpaired) electrons. The smallest absolute Gasteiger partial charge is 0.243 e. The average Bonchev–Trinajstić information content (AvgIpc) is 3.00. The molecule has 0 unspecified atom stereocenters. The quantitative estimate of drug-likeness (QED) is 0.894. The van der Waals surface area contributed by atoms with Gasteiger partial charge in [-0.05, 0) is 37.8 Å². The molecule has 2 heterocycles. The van der Waals surface area contributed by atoms with Crippen molar-refractivity contribution in [2.45, 2.75) is 37.8 Å². The second-order valence-electron chi connectivity index (χ2n) is 5.71. The van der Waals surface area contributed by atoms with Crippen LogP contribution in [-0.4, -0.2) is 34.5 Å². The number of nitrogens with one attached hydrogen (secondary N) is 2. The van der Waals surface area contributed by atoms with Crippen molar-refractivity contribution in [2.75, 3.05) is 11.4 Å². The van der Waals surface area contributed by atoms with Gasteiger partial charge in [-0.25, -0.2) is 4.98 Å². The second-order valence-corrected chi connectivity index (χ2v) is 5.71. The maximum Gasteiger partial charge on any atom is 0.243 e. The van der Waals surface area contributed by atoms with Crippen LogP contribution in [0.5, 0.6) is 0 Å². The van der Waals surface area contributed by atoms with Gasteiger partial charge in [0, 0.05) is 12.6 Å². The van der Waals surface area contributed by atoms with Gasteiger partial charge in [0.25, 0.3) is 0 Å². The number of nitrogens with zero attached hydrogens (tertiary/aromatic N) is 2. The van der Waals surface area contributed by atoms with Gasteiger partial charge in [-0.15, -0.1) is 0 Å². The number of imidazole rings is 1.